The van der Waals surface area contributed by atoms with Gasteiger partial charge in [-0.25, -0.2) is 9.59 Å². The van der Waals surface area contributed by atoms with E-state index in [1.807, 2.05) is 25.6 Å². The molecule has 0 bridgehead atoms. The van der Waals surface area contributed by atoms with Gasteiger partial charge in [-0.15, -0.1) is 0 Å². The first-order valence-corrected chi connectivity index (χ1v) is 7.98. The second-order valence-corrected chi connectivity index (χ2v) is 6.45. The van der Waals surface area contributed by atoms with E-state index in [9.17, 15) is 9.59 Å². The Labute approximate surface area is 118 Å². The largest absolute Gasteiger partial charge is 0.480 e. The average molecular weight is 288 g/mol. The second kappa shape index (κ2) is 8.30. The fraction of sp³-hybridized carbons (Fsp3) is 0.846. The zero-order valence-corrected chi connectivity index (χ0v) is 12.5. The molecule has 1 rings (SSSR count). The summed E-state index contributed by atoms with van der Waals surface area (Å²) in [5, 5.41) is 14.9. The van der Waals surface area contributed by atoms with Crippen LogP contribution in [0.3, 0.4) is 0 Å². The van der Waals surface area contributed by atoms with Crippen molar-refractivity contribution in [2.24, 2.45) is 5.92 Å². The highest BCUT2D eigenvalue weighted by molar-refractivity contribution is 7.99. The van der Waals surface area contributed by atoms with E-state index in [4.69, 9.17) is 5.11 Å². The molecule has 0 saturated carbocycles. The van der Waals surface area contributed by atoms with Gasteiger partial charge in [-0.05, 0) is 24.5 Å². The van der Waals surface area contributed by atoms with E-state index in [1.165, 1.54) is 12.8 Å². The number of hydrogen-bond donors (Lipinski definition) is 3. The molecule has 19 heavy (non-hydrogen) atoms. The maximum absolute atomic E-state index is 11.7. The minimum Gasteiger partial charge on any atom is -0.480 e. The number of urea groups is 1. The highest BCUT2D eigenvalue weighted by Gasteiger charge is 2.25. The predicted octanol–water partition coefficient (Wildman–Crippen LogP) is 2.07. The quantitative estimate of drug-likeness (QED) is 0.699. The first kappa shape index (κ1) is 16.1. The first-order valence-electron chi connectivity index (χ1n) is 6.93. The van der Waals surface area contributed by atoms with Crippen LogP contribution in [0, 0.1) is 5.92 Å². The third-order valence-electron chi connectivity index (χ3n) is 3.53. The molecule has 1 fully saturated rings. The van der Waals surface area contributed by atoms with Crippen LogP contribution in [0.15, 0.2) is 0 Å². The summed E-state index contributed by atoms with van der Waals surface area (Å²) < 4.78 is 0. The summed E-state index contributed by atoms with van der Waals surface area (Å²) in [6, 6.07) is -1.19. The molecule has 0 aliphatic carbocycles. The maximum atomic E-state index is 11.7. The summed E-state index contributed by atoms with van der Waals surface area (Å²) in [5.74, 6) is 0.0994. The van der Waals surface area contributed by atoms with Gasteiger partial charge >= 0.3 is 12.0 Å². The lowest BCUT2D eigenvalue weighted by atomic mass is 9.99. The number of carboxylic acids is 1. The highest BCUT2D eigenvalue weighted by Crippen LogP contribution is 2.24. The molecule has 0 aromatic heterocycles. The van der Waals surface area contributed by atoms with Gasteiger partial charge in [0, 0.05) is 11.8 Å². The van der Waals surface area contributed by atoms with Crippen LogP contribution in [-0.2, 0) is 4.79 Å². The minimum atomic E-state index is -0.975. The van der Waals surface area contributed by atoms with E-state index in [0.717, 1.165) is 18.6 Å². The lowest BCUT2D eigenvalue weighted by molar-refractivity contribution is -0.140. The number of amides is 2. The zero-order valence-electron chi connectivity index (χ0n) is 11.6. The van der Waals surface area contributed by atoms with Crippen LogP contribution in [-0.4, -0.2) is 40.7 Å². The molecule has 0 aromatic rings. The van der Waals surface area contributed by atoms with E-state index < -0.39 is 12.0 Å². The number of carbonyl (C=O) groups excluding carboxylic acids is 1. The van der Waals surface area contributed by atoms with Gasteiger partial charge in [0.15, 0.2) is 0 Å². The van der Waals surface area contributed by atoms with Crippen molar-refractivity contribution in [3.63, 3.8) is 0 Å². The number of aliphatic carboxylic acids is 1. The van der Waals surface area contributed by atoms with Crippen LogP contribution in [0.25, 0.3) is 0 Å². The fourth-order valence-corrected chi connectivity index (χ4v) is 3.29. The van der Waals surface area contributed by atoms with Crippen molar-refractivity contribution in [3.8, 4) is 0 Å². The van der Waals surface area contributed by atoms with E-state index in [-0.39, 0.29) is 11.9 Å². The summed E-state index contributed by atoms with van der Waals surface area (Å²) >= 11 is 1.88. The Kier molecular flexibility index (Phi) is 7.05. The molecule has 1 aliphatic heterocycles. The van der Waals surface area contributed by atoms with Crippen molar-refractivity contribution in [2.45, 2.75) is 50.8 Å². The molecule has 2 amide bonds. The summed E-state index contributed by atoms with van der Waals surface area (Å²) in [4.78, 5) is 22.8. The van der Waals surface area contributed by atoms with E-state index in [0.29, 0.717) is 11.8 Å². The second-order valence-electron chi connectivity index (χ2n) is 5.04. The van der Waals surface area contributed by atoms with Crippen LogP contribution in [0.2, 0.25) is 0 Å². The van der Waals surface area contributed by atoms with Gasteiger partial charge in [0.2, 0.25) is 0 Å². The normalized spacial score (nSPS) is 22.3. The summed E-state index contributed by atoms with van der Waals surface area (Å²) in [6.07, 6.45) is 4.31. The smallest absolute Gasteiger partial charge is 0.326 e. The lowest BCUT2D eigenvalue weighted by Crippen LogP contribution is -2.50. The van der Waals surface area contributed by atoms with Crippen molar-refractivity contribution in [1.29, 1.82) is 0 Å². The topological polar surface area (TPSA) is 78.4 Å². The van der Waals surface area contributed by atoms with Crippen molar-refractivity contribution in [2.75, 3.05) is 12.3 Å². The van der Waals surface area contributed by atoms with E-state index in [1.54, 1.807) is 0 Å². The van der Waals surface area contributed by atoms with Gasteiger partial charge in [0.25, 0.3) is 0 Å². The Balaban J connectivity index is 2.33. The molecule has 3 atom stereocenters. The van der Waals surface area contributed by atoms with Gasteiger partial charge in [0.1, 0.15) is 6.04 Å². The third-order valence-corrected chi connectivity index (χ3v) is 4.93. The number of thioether (sulfide) groups is 1. The number of carboxylic acid groups (broad SMARTS) is 1. The highest BCUT2D eigenvalue weighted by atomic mass is 32.2. The Morgan fingerprint density at radius 1 is 1.42 bits per heavy atom. The molecule has 2 unspecified atom stereocenters. The van der Waals surface area contributed by atoms with Crippen molar-refractivity contribution >= 4 is 23.8 Å². The van der Waals surface area contributed by atoms with Gasteiger partial charge < -0.3 is 15.7 Å². The molecule has 1 saturated heterocycles. The van der Waals surface area contributed by atoms with Gasteiger partial charge in [-0.1, -0.05) is 26.7 Å². The Morgan fingerprint density at radius 3 is 2.68 bits per heavy atom. The van der Waals surface area contributed by atoms with Crippen LogP contribution >= 0.6 is 11.8 Å². The first-order chi connectivity index (χ1) is 9.04. The SMILES string of the molecule is CCC(C)[C@H](NC(=O)NCC1CCCCS1)C(=O)O. The van der Waals surface area contributed by atoms with Gasteiger partial charge in [-0.3, -0.25) is 0 Å². The lowest BCUT2D eigenvalue weighted by Gasteiger charge is -2.23. The monoisotopic (exact) mass is 288 g/mol. The molecular weight excluding hydrogens is 264 g/mol. The van der Waals surface area contributed by atoms with Crippen LogP contribution in [0.5, 0.6) is 0 Å². The summed E-state index contributed by atoms with van der Waals surface area (Å²) in [7, 11) is 0. The predicted molar refractivity (Wildman–Crippen MR) is 77.5 cm³/mol. The Hall–Kier alpha value is -0.910. The minimum absolute atomic E-state index is 0.0766. The molecule has 6 heteroatoms. The maximum Gasteiger partial charge on any atom is 0.326 e. The van der Waals surface area contributed by atoms with Gasteiger partial charge in [0.05, 0.1) is 0 Å². The zero-order chi connectivity index (χ0) is 14.3. The van der Waals surface area contributed by atoms with E-state index >= 15 is 0 Å². The average Bonchev–Trinajstić information content (AvgIpc) is 2.42. The van der Waals surface area contributed by atoms with Crippen LogP contribution in [0.1, 0.15) is 39.5 Å². The molecule has 1 aliphatic rings. The molecule has 0 aromatic carbocycles. The van der Waals surface area contributed by atoms with Crippen LogP contribution < -0.4 is 10.6 Å². The molecule has 3 N–H and O–H groups in total. The summed E-state index contributed by atoms with van der Waals surface area (Å²) in [5.41, 5.74) is 0. The number of hydrogen-bond acceptors (Lipinski definition) is 3. The number of nitrogens with one attached hydrogen (secondary N) is 2. The fourth-order valence-electron chi connectivity index (χ4n) is 2.05. The van der Waals surface area contributed by atoms with Gasteiger partial charge in [-0.2, -0.15) is 11.8 Å². The molecule has 110 valence electrons. The van der Waals surface area contributed by atoms with Crippen molar-refractivity contribution < 1.29 is 14.7 Å². The molecule has 0 radical (unpaired) electrons. The molecule has 1 heterocycles. The summed E-state index contributed by atoms with van der Waals surface area (Å²) in [6.45, 7) is 4.36. The van der Waals surface area contributed by atoms with Crippen molar-refractivity contribution in [3.05, 3.63) is 0 Å². The van der Waals surface area contributed by atoms with Crippen LogP contribution in [0.4, 0.5) is 4.79 Å². The molecule has 5 nitrogen and oxygen atoms in total. The third kappa shape index (κ3) is 5.72. The van der Waals surface area contributed by atoms with E-state index in [2.05, 4.69) is 10.6 Å². The van der Waals surface area contributed by atoms with Crippen molar-refractivity contribution in [1.82, 2.24) is 10.6 Å². The molecule has 0 spiro atoms. The Morgan fingerprint density at radius 2 is 2.16 bits per heavy atom. The number of carbonyl (C=O) groups is 2. The Bertz CT molecular complexity index is 306. The number of rotatable bonds is 6. The standard InChI is InChI=1S/C13H24N2O3S/c1-3-9(2)11(12(16)17)15-13(18)14-8-10-6-4-5-7-19-10/h9-11H,3-8H2,1-2H3,(H,16,17)(H2,14,15,18)/t9?,10?,11-/m0/s1. The molecular formula is C13H24N2O3S.